The van der Waals surface area contributed by atoms with Gasteiger partial charge in [-0.3, -0.25) is 0 Å². The number of rotatable bonds is 4. The minimum absolute atomic E-state index is 0. The molecule has 0 bridgehead atoms. The monoisotopic (exact) mass is 169 g/mol. The SMILES string of the molecule is C=C(/C=C\C(=C)NC)CC.CC.[HH]. The van der Waals surface area contributed by atoms with E-state index in [1.807, 2.05) is 33.0 Å². The summed E-state index contributed by atoms with van der Waals surface area (Å²) in [6, 6.07) is 0. The van der Waals surface area contributed by atoms with Gasteiger partial charge in [0.1, 0.15) is 0 Å². The van der Waals surface area contributed by atoms with E-state index < -0.39 is 0 Å². The normalized spacial score (nSPS) is 8.67. The third kappa shape index (κ3) is 9.02. The van der Waals surface area contributed by atoms with Crippen LogP contribution in [0.3, 0.4) is 0 Å². The summed E-state index contributed by atoms with van der Waals surface area (Å²) >= 11 is 0. The molecule has 0 rings (SSSR count). The number of nitrogens with one attached hydrogen (secondary N) is 1. The molecule has 0 fully saturated rings. The molecule has 0 aliphatic rings. The van der Waals surface area contributed by atoms with Crippen LogP contribution in [0.1, 0.15) is 28.6 Å². The smallest absolute Gasteiger partial charge is 0.0264 e. The van der Waals surface area contributed by atoms with Crippen molar-refractivity contribution >= 4 is 0 Å². The predicted molar refractivity (Wildman–Crippen MR) is 60.2 cm³/mol. The lowest BCUT2D eigenvalue weighted by molar-refractivity contribution is 1.04. The van der Waals surface area contributed by atoms with E-state index in [0.29, 0.717) is 0 Å². The van der Waals surface area contributed by atoms with E-state index in [-0.39, 0.29) is 1.43 Å². The van der Waals surface area contributed by atoms with Crippen molar-refractivity contribution in [3.63, 3.8) is 0 Å². The van der Waals surface area contributed by atoms with Crippen LogP contribution in [0.15, 0.2) is 36.6 Å². The molecule has 0 radical (unpaired) electrons. The lowest BCUT2D eigenvalue weighted by atomic mass is 10.2. The highest BCUT2D eigenvalue weighted by Crippen LogP contribution is 1.99. The van der Waals surface area contributed by atoms with Crippen molar-refractivity contribution in [2.75, 3.05) is 7.05 Å². The average Bonchev–Trinajstić information content (AvgIpc) is 2.16. The zero-order valence-electron chi connectivity index (χ0n) is 8.78. The van der Waals surface area contributed by atoms with Crippen LogP contribution < -0.4 is 5.32 Å². The van der Waals surface area contributed by atoms with Crippen LogP contribution in [0.5, 0.6) is 0 Å². The van der Waals surface area contributed by atoms with Crippen LogP contribution in [0, 0.1) is 0 Å². The van der Waals surface area contributed by atoms with Crippen molar-refractivity contribution in [1.29, 1.82) is 0 Å². The second-order valence-electron chi connectivity index (χ2n) is 2.12. The molecule has 0 saturated carbocycles. The molecule has 72 valence electrons. The Morgan fingerprint density at radius 2 is 1.83 bits per heavy atom. The largest absolute Gasteiger partial charge is 0.389 e. The van der Waals surface area contributed by atoms with E-state index >= 15 is 0 Å². The Balaban J connectivity index is -0.000000309. The Kier molecular flexibility index (Phi) is 11.4. The highest BCUT2D eigenvalue weighted by Gasteiger charge is 1.81. The van der Waals surface area contributed by atoms with E-state index in [9.17, 15) is 0 Å². The van der Waals surface area contributed by atoms with Gasteiger partial charge in [-0.1, -0.05) is 45.6 Å². The van der Waals surface area contributed by atoms with E-state index in [4.69, 9.17) is 0 Å². The fourth-order valence-electron chi connectivity index (χ4n) is 0.420. The van der Waals surface area contributed by atoms with Crippen LogP contribution >= 0.6 is 0 Å². The van der Waals surface area contributed by atoms with Gasteiger partial charge in [-0.15, -0.1) is 0 Å². The van der Waals surface area contributed by atoms with Gasteiger partial charge in [0, 0.05) is 14.2 Å². The quantitative estimate of drug-likeness (QED) is 0.635. The number of hydrogen-bond acceptors (Lipinski definition) is 1. The molecule has 0 aromatic carbocycles. The van der Waals surface area contributed by atoms with Crippen LogP contribution in [0.4, 0.5) is 0 Å². The molecule has 0 unspecified atom stereocenters. The molecule has 1 heteroatoms. The molecule has 0 amide bonds. The summed E-state index contributed by atoms with van der Waals surface area (Å²) in [5, 5.41) is 2.92. The zero-order valence-corrected chi connectivity index (χ0v) is 8.78. The van der Waals surface area contributed by atoms with Crippen molar-refractivity contribution in [1.82, 2.24) is 5.32 Å². The summed E-state index contributed by atoms with van der Waals surface area (Å²) in [6.07, 6.45) is 4.89. The Labute approximate surface area is 78.4 Å². The number of allylic oxidation sites excluding steroid dienone is 3. The minimum atomic E-state index is 0. The van der Waals surface area contributed by atoms with E-state index in [1.165, 1.54) is 0 Å². The zero-order chi connectivity index (χ0) is 9.98. The molecule has 0 aliphatic carbocycles. The minimum Gasteiger partial charge on any atom is -0.389 e. The Bertz CT molecular complexity index is 141. The first kappa shape index (κ1) is 13.6. The molecule has 0 saturated heterocycles. The van der Waals surface area contributed by atoms with Gasteiger partial charge in [-0.05, 0) is 12.5 Å². The maximum absolute atomic E-state index is 3.82. The molecule has 0 spiro atoms. The van der Waals surface area contributed by atoms with E-state index in [1.54, 1.807) is 0 Å². The second-order valence-corrected chi connectivity index (χ2v) is 2.12. The summed E-state index contributed by atoms with van der Waals surface area (Å²) in [4.78, 5) is 0. The summed E-state index contributed by atoms with van der Waals surface area (Å²) in [5.41, 5.74) is 2.03. The number of hydrogen-bond donors (Lipinski definition) is 1. The molecule has 0 aromatic heterocycles. The molecular formula is C11H23N. The summed E-state index contributed by atoms with van der Waals surface area (Å²) in [7, 11) is 1.85. The fraction of sp³-hybridized carbons (Fsp3) is 0.455. The van der Waals surface area contributed by atoms with Gasteiger partial charge in [-0.25, -0.2) is 0 Å². The molecule has 12 heavy (non-hydrogen) atoms. The second kappa shape index (κ2) is 10.0. The van der Waals surface area contributed by atoms with Crippen molar-refractivity contribution in [2.24, 2.45) is 0 Å². The molecule has 1 N–H and O–H groups in total. The molecule has 0 aromatic rings. The third-order valence-electron chi connectivity index (χ3n) is 1.30. The van der Waals surface area contributed by atoms with E-state index in [0.717, 1.165) is 17.7 Å². The summed E-state index contributed by atoms with van der Waals surface area (Å²) in [5.74, 6) is 0. The lowest BCUT2D eigenvalue weighted by Gasteiger charge is -1.96. The predicted octanol–water partition coefficient (Wildman–Crippen LogP) is 3.51. The van der Waals surface area contributed by atoms with Crippen LogP contribution in [0.25, 0.3) is 0 Å². The topological polar surface area (TPSA) is 12.0 Å². The maximum atomic E-state index is 3.82. The Morgan fingerprint density at radius 1 is 1.33 bits per heavy atom. The highest BCUT2D eigenvalue weighted by atomic mass is 14.8. The first-order valence-electron chi connectivity index (χ1n) is 4.43. The van der Waals surface area contributed by atoms with Crippen LogP contribution in [-0.4, -0.2) is 7.05 Å². The molecule has 1 nitrogen and oxygen atoms in total. The molecule has 0 atom stereocenters. The van der Waals surface area contributed by atoms with Gasteiger partial charge in [0.05, 0.1) is 0 Å². The highest BCUT2D eigenvalue weighted by molar-refractivity contribution is 5.22. The van der Waals surface area contributed by atoms with Crippen molar-refractivity contribution in [3.05, 3.63) is 36.6 Å². The number of likely N-dealkylation sites (N-methyl/N-ethyl adjacent to an activating group) is 1. The van der Waals surface area contributed by atoms with Gasteiger partial charge in [-0.2, -0.15) is 0 Å². The fourth-order valence-corrected chi connectivity index (χ4v) is 0.420. The van der Waals surface area contributed by atoms with Gasteiger partial charge in [0.15, 0.2) is 0 Å². The molecular weight excluding hydrogens is 146 g/mol. The average molecular weight is 169 g/mol. The maximum Gasteiger partial charge on any atom is 0.0264 e. The molecule has 0 heterocycles. The van der Waals surface area contributed by atoms with E-state index in [2.05, 4.69) is 25.4 Å². The first-order chi connectivity index (χ1) is 5.70. The third-order valence-corrected chi connectivity index (χ3v) is 1.30. The van der Waals surface area contributed by atoms with Gasteiger partial charge >= 0.3 is 0 Å². The van der Waals surface area contributed by atoms with Gasteiger partial charge < -0.3 is 5.32 Å². The Hall–Kier alpha value is -0.980. The van der Waals surface area contributed by atoms with Crippen molar-refractivity contribution < 1.29 is 1.43 Å². The Morgan fingerprint density at radius 3 is 2.17 bits per heavy atom. The lowest BCUT2D eigenvalue weighted by Crippen LogP contribution is -2.00. The first-order valence-corrected chi connectivity index (χ1v) is 4.43. The van der Waals surface area contributed by atoms with Crippen molar-refractivity contribution in [3.8, 4) is 0 Å². The van der Waals surface area contributed by atoms with Crippen molar-refractivity contribution in [2.45, 2.75) is 27.2 Å². The standard InChI is InChI=1S/C9H15N.C2H6.H2/c1-5-8(2)6-7-9(3)10-4;1-2;/h6-7,10H,2-3,5H2,1,4H3;1-2H3;1H/b7-6-;;. The van der Waals surface area contributed by atoms with Crippen LogP contribution in [-0.2, 0) is 0 Å². The van der Waals surface area contributed by atoms with Crippen LogP contribution in [0.2, 0.25) is 0 Å². The summed E-state index contributed by atoms with van der Waals surface area (Å²) in [6.45, 7) is 13.6. The summed E-state index contributed by atoms with van der Waals surface area (Å²) < 4.78 is 0. The van der Waals surface area contributed by atoms with Gasteiger partial charge in [0.2, 0.25) is 0 Å². The van der Waals surface area contributed by atoms with Gasteiger partial charge in [0.25, 0.3) is 0 Å². The molecule has 0 aliphatic heterocycles.